The van der Waals surface area contributed by atoms with Gasteiger partial charge >= 0.3 is 0 Å². The zero-order valence-electron chi connectivity index (χ0n) is 13.5. The first-order valence-corrected chi connectivity index (χ1v) is 7.67. The van der Waals surface area contributed by atoms with Crippen LogP contribution in [-0.2, 0) is 11.3 Å². The summed E-state index contributed by atoms with van der Waals surface area (Å²) in [6, 6.07) is 2.41. The summed E-state index contributed by atoms with van der Waals surface area (Å²) < 4.78 is 0. The molecular formula is C16H26N4O. The molecule has 1 aromatic heterocycles. The van der Waals surface area contributed by atoms with Gasteiger partial charge in [-0.05, 0) is 25.8 Å². The molecule has 1 amide bonds. The third-order valence-corrected chi connectivity index (χ3v) is 3.83. The van der Waals surface area contributed by atoms with Gasteiger partial charge in [-0.15, -0.1) is 0 Å². The Morgan fingerprint density at radius 3 is 2.62 bits per heavy atom. The third kappa shape index (κ3) is 4.49. The molecule has 0 aromatic carbocycles. The van der Waals surface area contributed by atoms with Crippen LogP contribution in [-0.4, -0.2) is 39.9 Å². The number of carbonyl (C=O) groups is 1. The largest absolute Gasteiger partial charge is 0.342 e. The zero-order valence-corrected chi connectivity index (χ0v) is 13.5. The van der Waals surface area contributed by atoms with E-state index in [2.05, 4.69) is 15.3 Å². The van der Waals surface area contributed by atoms with Gasteiger partial charge in [0, 0.05) is 37.3 Å². The Hall–Kier alpha value is -1.49. The monoisotopic (exact) mass is 290 g/mol. The first-order valence-electron chi connectivity index (χ1n) is 7.67. The summed E-state index contributed by atoms with van der Waals surface area (Å²) >= 11 is 0. The number of rotatable bonds is 3. The molecule has 0 aliphatic carbocycles. The number of amides is 1. The van der Waals surface area contributed by atoms with Crippen LogP contribution >= 0.6 is 0 Å². The van der Waals surface area contributed by atoms with Crippen LogP contribution in [0.2, 0.25) is 0 Å². The molecule has 0 atom stereocenters. The number of hydrogen-bond donors (Lipinski definition) is 1. The van der Waals surface area contributed by atoms with E-state index in [0.717, 1.165) is 44.0 Å². The highest BCUT2D eigenvalue weighted by Gasteiger charge is 2.30. The molecule has 1 saturated heterocycles. The third-order valence-electron chi connectivity index (χ3n) is 3.83. The van der Waals surface area contributed by atoms with E-state index in [1.807, 2.05) is 38.7 Å². The van der Waals surface area contributed by atoms with Crippen molar-refractivity contribution in [2.75, 3.05) is 13.1 Å². The van der Waals surface area contributed by atoms with Crippen molar-refractivity contribution in [3.8, 4) is 0 Å². The van der Waals surface area contributed by atoms with Crippen molar-refractivity contribution < 1.29 is 4.79 Å². The number of hydrogen-bond acceptors (Lipinski definition) is 4. The first kappa shape index (κ1) is 15.9. The lowest BCUT2D eigenvalue weighted by Gasteiger charge is -2.36. The molecule has 0 radical (unpaired) electrons. The second kappa shape index (κ2) is 6.52. The predicted octanol–water partition coefficient (Wildman–Crippen LogP) is 1.91. The topological polar surface area (TPSA) is 58.1 Å². The number of nitrogens with zero attached hydrogens (tertiary/aromatic N) is 3. The molecule has 1 fully saturated rings. The van der Waals surface area contributed by atoms with Crippen LogP contribution in [0.3, 0.4) is 0 Å². The Balaban J connectivity index is 1.78. The average Bonchev–Trinajstić information content (AvgIpc) is 2.44. The lowest BCUT2D eigenvalue weighted by atomic mass is 9.93. The Kier molecular flexibility index (Phi) is 4.93. The SMILES string of the molecule is Cc1nccc(CNC2CCN(C(=O)C(C)(C)C)CC2)n1. The second-order valence-corrected chi connectivity index (χ2v) is 6.79. The number of piperidine rings is 1. The van der Waals surface area contributed by atoms with Crippen LogP contribution in [0.25, 0.3) is 0 Å². The molecule has 0 saturated carbocycles. The summed E-state index contributed by atoms with van der Waals surface area (Å²) in [6.07, 6.45) is 3.81. The Morgan fingerprint density at radius 1 is 1.38 bits per heavy atom. The Labute approximate surface area is 127 Å². The van der Waals surface area contributed by atoms with Crippen molar-refractivity contribution in [1.82, 2.24) is 20.2 Å². The van der Waals surface area contributed by atoms with E-state index < -0.39 is 0 Å². The average molecular weight is 290 g/mol. The smallest absolute Gasteiger partial charge is 0.227 e. The predicted molar refractivity (Wildman–Crippen MR) is 82.7 cm³/mol. The van der Waals surface area contributed by atoms with Crippen molar-refractivity contribution in [3.05, 3.63) is 23.8 Å². The summed E-state index contributed by atoms with van der Waals surface area (Å²) in [6.45, 7) is 10.3. The fourth-order valence-electron chi connectivity index (χ4n) is 2.61. The normalized spacial score (nSPS) is 17.0. The lowest BCUT2D eigenvalue weighted by molar-refractivity contribution is -0.140. The molecule has 0 unspecified atom stereocenters. The van der Waals surface area contributed by atoms with Gasteiger partial charge in [0.25, 0.3) is 0 Å². The highest BCUT2D eigenvalue weighted by Crippen LogP contribution is 2.21. The van der Waals surface area contributed by atoms with E-state index in [-0.39, 0.29) is 11.3 Å². The van der Waals surface area contributed by atoms with E-state index in [4.69, 9.17) is 0 Å². The summed E-state index contributed by atoms with van der Waals surface area (Å²) in [5, 5.41) is 3.54. The van der Waals surface area contributed by atoms with Crippen LogP contribution in [0.4, 0.5) is 0 Å². The van der Waals surface area contributed by atoms with Gasteiger partial charge in [-0.2, -0.15) is 0 Å². The molecule has 1 aliphatic heterocycles. The minimum Gasteiger partial charge on any atom is -0.342 e. The molecule has 2 heterocycles. The lowest BCUT2D eigenvalue weighted by Crippen LogP contribution is -2.48. The molecular weight excluding hydrogens is 264 g/mol. The number of nitrogens with one attached hydrogen (secondary N) is 1. The van der Waals surface area contributed by atoms with Crippen molar-refractivity contribution in [2.24, 2.45) is 5.41 Å². The van der Waals surface area contributed by atoms with E-state index in [9.17, 15) is 4.79 Å². The molecule has 2 rings (SSSR count). The molecule has 1 N–H and O–H groups in total. The number of aromatic nitrogens is 2. The van der Waals surface area contributed by atoms with Gasteiger partial charge in [-0.25, -0.2) is 9.97 Å². The summed E-state index contributed by atoms with van der Waals surface area (Å²) in [4.78, 5) is 22.7. The van der Waals surface area contributed by atoms with Gasteiger partial charge in [0.15, 0.2) is 0 Å². The molecule has 21 heavy (non-hydrogen) atoms. The quantitative estimate of drug-likeness (QED) is 0.924. The minimum absolute atomic E-state index is 0.257. The maximum atomic E-state index is 12.2. The summed E-state index contributed by atoms with van der Waals surface area (Å²) in [7, 11) is 0. The van der Waals surface area contributed by atoms with Crippen LogP contribution in [0.15, 0.2) is 12.3 Å². The molecule has 5 nitrogen and oxygen atoms in total. The Morgan fingerprint density at radius 2 is 2.05 bits per heavy atom. The van der Waals surface area contributed by atoms with E-state index in [1.165, 1.54) is 0 Å². The van der Waals surface area contributed by atoms with Crippen LogP contribution in [0.1, 0.15) is 45.1 Å². The summed E-state index contributed by atoms with van der Waals surface area (Å²) in [5.74, 6) is 1.06. The second-order valence-electron chi connectivity index (χ2n) is 6.79. The first-order chi connectivity index (χ1) is 9.86. The maximum absolute atomic E-state index is 12.2. The standard InChI is InChI=1S/C16H26N4O/c1-12-17-8-5-14(19-12)11-18-13-6-9-20(10-7-13)15(21)16(2,3)4/h5,8,13,18H,6-7,9-11H2,1-4H3. The van der Waals surface area contributed by atoms with Crippen molar-refractivity contribution in [1.29, 1.82) is 0 Å². The van der Waals surface area contributed by atoms with E-state index in [0.29, 0.717) is 6.04 Å². The highest BCUT2D eigenvalue weighted by molar-refractivity contribution is 5.81. The van der Waals surface area contributed by atoms with Gasteiger partial charge in [0.2, 0.25) is 5.91 Å². The molecule has 1 aromatic rings. The van der Waals surface area contributed by atoms with Gasteiger partial charge < -0.3 is 10.2 Å². The van der Waals surface area contributed by atoms with Crippen molar-refractivity contribution >= 4 is 5.91 Å². The summed E-state index contributed by atoms with van der Waals surface area (Å²) in [5.41, 5.74) is 0.745. The molecule has 0 bridgehead atoms. The van der Waals surface area contributed by atoms with Crippen LogP contribution in [0, 0.1) is 12.3 Å². The molecule has 5 heteroatoms. The van der Waals surface area contributed by atoms with Crippen molar-refractivity contribution in [2.45, 2.75) is 53.1 Å². The fourth-order valence-corrected chi connectivity index (χ4v) is 2.61. The van der Waals surface area contributed by atoms with Gasteiger partial charge in [0.05, 0.1) is 5.69 Å². The molecule has 0 spiro atoms. The van der Waals surface area contributed by atoms with Crippen LogP contribution in [0.5, 0.6) is 0 Å². The van der Waals surface area contributed by atoms with Gasteiger partial charge in [-0.3, -0.25) is 4.79 Å². The maximum Gasteiger partial charge on any atom is 0.227 e. The number of aryl methyl sites for hydroxylation is 1. The fraction of sp³-hybridized carbons (Fsp3) is 0.688. The van der Waals surface area contributed by atoms with Gasteiger partial charge in [0.1, 0.15) is 5.82 Å². The van der Waals surface area contributed by atoms with E-state index in [1.54, 1.807) is 6.20 Å². The highest BCUT2D eigenvalue weighted by atomic mass is 16.2. The number of carbonyl (C=O) groups excluding carboxylic acids is 1. The van der Waals surface area contributed by atoms with Crippen molar-refractivity contribution in [3.63, 3.8) is 0 Å². The minimum atomic E-state index is -0.279. The van der Waals surface area contributed by atoms with Gasteiger partial charge in [-0.1, -0.05) is 20.8 Å². The van der Waals surface area contributed by atoms with E-state index >= 15 is 0 Å². The molecule has 116 valence electrons. The molecule has 1 aliphatic rings. The number of likely N-dealkylation sites (tertiary alicyclic amines) is 1. The Bertz CT molecular complexity index is 487. The zero-order chi connectivity index (χ0) is 15.5. The van der Waals surface area contributed by atoms with Crippen LogP contribution < -0.4 is 5.32 Å².